The highest BCUT2D eigenvalue weighted by Crippen LogP contribution is 1.90. The van der Waals surface area contributed by atoms with E-state index in [1.54, 1.807) is 13.0 Å². The first-order chi connectivity index (χ1) is 5.56. The Hall–Kier alpha value is -1.72. The van der Waals surface area contributed by atoms with Crippen LogP contribution in [-0.4, -0.2) is 18.0 Å². The lowest BCUT2D eigenvalue weighted by molar-refractivity contribution is 0.105. The van der Waals surface area contributed by atoms with E-state index in [2.05, 4.69) is 16.7 Å². The van der Waals surface area contributed by atoms with Crippen molar-refractivity contribution >= 4 is 11.9 Å². The summed E-state index contributed by atoms with van der Waals surface area (Å²) in [5.41, 5.74) is 15.3. The summed E-state index contributed by atoms with van der Waals surface area (Å²) in [5, 5.41) is 3.41. The van der Waals surface area contributed by atoms with Crippen molar-refractivity contribution in [2.24, 2.45) is 27.3 Å². The molecule has 6 N–H and O–H groups in total. The Labute approximate surface area is 70.8 Å². The summed E-state index contributed by atoms with van der Waals surface area (Å²) in [4.78, 5) is 8.20. The molecule has 0 aromatic heterocycles. The van der Waals surface area contributed by atoms with Crippen LogP contribution in [0.15, 0.2) is 22.8 Å². The van der Waals surface area contributed by atoms with Crippen molar-refractivity contribution in [3.8, 4) is 0 Å². The molecule has 0 spiro atoms. The van der Waals surface area contributed by atoms with Crippen molar-refractivity contribution < 1.29 is 4.84 Å². The Kier molecular flexibility index (Phi) is 4.28. The van der Waals surface area contributed by atoms with Gasteiger partial charge in [-0.15, -0.1) is 0 Å². The lowest BCUT2D eigenvalue weighted by Crippen LogP contribution is -2.26. The molecule has 0 aliphatic rings. The SMILES string of the molecule is C=CC(C)O/N=C(\N)N=C(N)N. The summed E-state index contributed by atoms with van der Waals surface area (Å²) in [7, 11) is 0. The lowest BCUT2D eigenvalue weighted by atomic mass is 10.4. The second kappa shape index (κ2) is 5.00. The number of rotatable bonds is 3. The molecule has 6 heteroatoms. The van der Waals surface area contributed by atoms with Crippen LogP contribution < -0.4 is 17.2 Å². The zero-order chi connectivity index (χ0) is 9.56. The average Bonchev–Trinajstić information content (AvgIpc) is 1.99. The molecule has 0 saturated heterocycles. The second-order valence-corrected chi connectivity index (χ2v) is 2.03. The number of nitrogens with zero attached hydrogens (tertiary/aromatic N) is 2. The number of hydrogen-bond acceptors (Lipinski definition) is 2. The maximum Gasteiger partial charge on any atom is 0.260 e. The number of oxime groups is 1. The van der Waals surface area contributed by atoms with E-state index in [0.29, 0.717) is 0 Å². The van der Waals surface area contributed by atoms with Crippen LogP contribution >= 0.6 is 0 Å². The van der Waals surface area contributed by atoms with Crippen molar-refractivity contribution in [1.82, 2.24) is 0 Å². The topological polar surface area (TPSA) is 112 Å². The third kappa shape index (κ3) is 5.10. The van der Waals surface area contributed by atoms with Crippen LogP contribution in [0.5, 0.6) is 0 Å². The van der Waals surface area contributed by atoms with Crippen molar-refractivity contribution in [3.05, 3.63) is 12.7 Å². The first-order valence-electron chi connectivity index (χ1n) is 3.27. The molecular formula is C6H13N5O. The quantitative estimate of drug-likeness (QED) is 0.220. The van der Waals surface area contributed by atoms with E-state index in [9.17, 15) is 0 Å². The molecule has 0 rings (SSSR count). The molecule has 0 saturated carbocycles. The summed E-state index contributed by atoms with van der Waals surface area (Å²) < 4.78 is 0. The number of hydrogen-bond donors (Lipinski definition) is 3. The fraction of sp³-hybridized carbons (Fsp3) is 0.333. The monoisotopic (exact) mass is 171 g/mol. The zero-order valence-corrected chi connectivity index (χ0v) is 6.90. The molecule has 0 heterocycles. The van der Waals surface area contributed by atoms with Crippen LogP contribution in [0, 0.1) is 0 Å². The maximum absolute atomic E-state index is 5.22. The van der Waals surface area contributed by atoms with Gasteiger partial charge in [0.2, 0.25) is 0 Å². The normalized spacial score (nSPS) is 13.2. The summed E-state index contributed by atoms with van der Waals surface area (Å²) in [6, 6.07) is 0. The highest BCUT2D eigenvalue weighted by Gasteiger charge is 1.94. The van der Waals surface area contributed by atoms with Crippen LogP contribution in [0.25, 0.3) is 0 Å². The molecule has 0 fully saturated rings. The Balaban J connectivity index is 4.01. The van der Waals surface area contributed by atoms with E-state index >= 15 is 0 Å². The van der Waals surface area contributed by atoms with Crippen molar-refractivity contribution in [2.75, 3.05) is 0 Å². The van der Waals surface area contributed by atoms with Crippen molar-refractivity contribution in [3.63, 3.8) is 0 Å². The van der Waals surface area contributed by atoms with Crippen LogP contribution in [0.1, 0.15) is 6.92 Å². The van der Waals surface area contributed by atoms with Crippen molar-refractivity contribution in [2.45, 2.75) is 13.0 Å². The van der Waals surface area contributed by atoms with Crippen LogP contribution in [-0.2, 0) is 4.84 Å². The van der Waals surface area contributed by atoms with Gasteiger partial charge in [-0.25, -0.2) is 0 Å². The average molecular weight is 171 g/mol. The first-order valence-corrected chi connectivity index (χ1v) is 3.27. The summed E-state index contributed by atoms with van der Waals surface area (Å²) >= 11 is 0. The third-order valence-corrected chi connectivity index (χ3v) is 0.888. The van der Waals surface area contributed by atoms with Crippen LogP contribution in [0.2, 0.25) is 0 Å². The standard InChI is InChI=1S/C6H13N5O/c1-3-4(2)12-11-6(9)10-5(7)8/h3-4H,1H2,2H3,(H6,7,8,9,10,11). The van der Waals surface area contributed by atoms with Crippen molar-refractivity contribution in [1.29, 1.82) is 0 Å². The third-order valence-electron chi connectivity index (χ3n) is 0.888. The molecule has 0 aromatic rings. The fourth-order valence-corrected chi connectivity index (χ4v) is 0.333. The molecule has 1 unspecified atom stereocenters. The zero-order valence-electron chi connectivity index (χ0n) is 6.90. The first kappa shape index (κ1) is 10.3. The summed E-state index contributed by atoms with van der Waals surface area (Å²) in [6.45, 7) is 5.23. The highest BCUT2D eigenvalue weighted by atomic mass is 16.6. The Morgan fingerprint density at radius 3 is 2.50 bits per heavy atom. The fourth-order valence-electron chi connectivity index (χ4n) is 0.333. The number of guanidine groups is 2. The minimum absolute atomic E-state index is 0.122. The smallest absolute Gasteiger partial charge is 0.260 e. The molecule has 0 aliphatic carbocycles. The number of aliphatic imine (C=N–C) groups is 1. The predicted octanol–water partition coefficient (Wildman–Crippen LogP) is -0.919. The second-order valence-electron chi connectivity index (χ2n) is 2.03. The molecule has 12 heavy (non-hydrogen) atoms. The van der Waals surface area contributed by atoms with Crippen LogP contribution in [0.3, 0.4) is 0 Å². The van der Waals surface area contributed by atoms with Gasteiger partial charge in [0.15, 0.2) is 5.96 Å². The lowest BCUT2D eigenvalue weighted by Gasteiger charge is -2.02. The van der Waals surface area contributed by atoms with Gasteiger partial charge >= 0.3 is 0 Å². The van der Waals surface area contributed by atoms with Gasteiger partial charge in [0, 0.05) is 0 Å². The molecule has 0 aliphatic heterocycles. The predicted molar refractivity (Wildman–Crippen MR) is 48.2 cm³/mol. The van der Waals surface area contributed by atoms with E-state index in [1.807, 2.05) is 0 Å². The minimum atomic E-state index is -0.224. The minimum Gasteiger partial charge on any atom is -0.386 e. The van der Waals surface area contributed by atoms with Gasteiger partial charge in [-0.3, -0.25) is 0 Å². The highest BCUT2D eigenvalue weighted by molar-refractivity contribution is 5.92. The Morgan fingerprint density at radius 2 is 2.08 bits per heavy atom. The van der Waals surface area contributed by atoms with E-state index in [-0.39, 0.29) is 18.0 Å². The maximum atomic E-state index is 5.22. The Bertz CT molecular complexity index is 206. The molecule has 0 bridgehead atoms. The largest absolute Gasteiger partial charge is 0.386 e. The van der Waals surface area contributed by atoms with E-state index in [4.69, 9.17) is 22.0 Å². The van der Waals surface area contributed by atoms with Gasteiger partial charge in [-0.05, 0) is 18.2 Å². The van der Waals surface area contributed by atoms with Gasteiger partial charge in [0.1, 0.15) is 6.10 Å². The molecular weight excluding hydrogens is 158 g/mol. The van der Waals surface area contributed by atoms with Gasteiger partial charge in [0.05, 0.1) is 0 Å². The van der Waals surface area contributed by atoms with Crippen LogP contribution in [0.4, 0.5) is 0 Å². The molecule has 68 valence electrons. The molecule has 0 radical (unpaired) electrons. The van der Waals surface area contributed by atoms with Gasteiger partial charge < -0.3 is 22.0 Å². The molecule has 1 atom stereocenters. The molecule has 6 nitrogen and oxygen atoms in total. The van der Waals surface area contributed by atoms with Gasteiger partial charge in [-0.1, -0.05) is 6.58 Å². The van der Waals surface area contributed by atoms with Gasteiger partial charge in [-0.2, -0.15) is 4.99 Å². The molecule has 0 amide bonds. The Morgan fingerprint density at radius 1 is 1.50 bits per heavy atom. The summed E-state index contributed by atoms with van der Waals surface area (Å²) in [6.07, 6.45) is 1.34. The van der Waals surface area contributed by atoms with E-state index in [1.165, 1.54) is 0 Å². The molecule has 0 aromatic carbocycles. The van der Waals surface area contributed by atoms with E-state index in [0.717, 1.165) is 0 Å². The van der Waals surface area contributed by atoms with Gasteiger partial charge in [0.25, 0.3) is 5.96 Å². The van der Waals surface area contributed by atoms with E-state index < -0.39 is 0 Å². The summed E-state index contributed by atoms with van der Waals surface area (Å²) in [5.74, 6) is -0.283. The number of nitrogens with two attached hydrogens (primary N) is 3.